The first kappa shape index (κ1) is 33.6. The van der Waals surface area contributed by atoms with Crippen LogP contribution in [0.1, 0.15) is 33.1 Å². The van der Waals surface area contributed by atoms with Crippen LogP contribution in [0.5, 0.6) is 0 Å². The largest absolute Gasteiger partial charge is 0.478 e. The molecule has 1 aromatic heterocycles. The number of carbonyl (C=O) groups is 3. The summed E-state index contributed by atoms with van der Waals surface area (Å²) in [5.74, 6) is -2.02. The van der Waals surface area contributed by atoms with Crippen molar-refractivity contribution in [3.63, 3.8) is 0 Å². The Balaban J connectivity index is 0.000000557. The Morgan fingerprint density at radius 1 is 0.977 bits per heavy atom. The fourth-order valence-electron chi connectivity index (χ4n) is 5.02. The molecule has 0 aliphatic carbocycles. The molecule has 1 amide bonds. The van der Waals surface area contributed by atoms with Gasteiger partial charge in [0, 0.05) is 49.6 Å². The number of hydrogen-bond donors (Lipinski definition) is 2. The van der Waals surface area contributed by atoms with Gasteiger partial charge in [0.1, 0.15) is 0 Å². The van der Waals surface area contributed by atoms with E-state index in [1.54, 1.807) is 16.7 Å². The molecule has 0 saturated carbocycles. The summed E-state index contributed by atoms with van der Waals surface area (Å²) in [6.07, 6.45) is 3.55. The van der Waals surface area contributed by atoms with Crippen molar-refractivity contribution in [3.8, 4) is 0 Å². The minimum Gasteiger partial charge on any atom is -0.478 e. The van der Waals surface area contributed by atoms with Gasteiger partial charge in [0.05, 0.1) is 21.1 Å². The maximum Gasteiger partial charge on any atom is 0.333 e. The summed E-state index contributed by atoms with van der Waals surface area (Å²) < 4.78 is 3.53. The first-order valence-electron chi connectivity index (χ1n) is 13.9. The third-order valence-corrected chi connectivity index (χ3v) is 7.93. The number of fused-ring (bicyclic) bond motifs is 1. The first-order chi connectivity index (χ1) is 20.4. The molecular weight excluding hydrogens is 595 g/mol. The summed E-state index contributed by atoms with van der Waals surface area (Å²) >= 11 is 12.3. The first-order valence-corrected chi connectivity index (χ1v) is 14.7. The predicted octanol–water partition coefficient (Wildman–Crippen LogP) is 5.47. The van der Waals surface area contributed by atoms with E-state index in [0.29, 0.717) is 47.6 Å². The zero-order chi connectivity index (χ0) is 31.7. The summed E-state index contributed by atoms with van der Waals surface area (Å²) in [4.78, 5) is 49.1. The topological polar surface area (TPSA) is 125 Å². The Labute approximate surface area is 260 Å². The van der Waals surface area contributed by atoms with Crippen LogP contribution in [-0.4, -0.2) is 68.3 Å². The van der Waals surface area contributed by atoms with Crippen molar-refractivity contribution in [2.24, 2.45) is 5.92 Å². The van der Waals surface area contributed by atoms with E-state index in [1.807, 2.05) is 53.6 Å². The van der Waals surface area contributed by atoms with Crippen molar-refractivity contribution in [3.05, 3.63) is 81.7 Å². The number of imidazole rings is 1. The number of rotatable bonds is 10. The highest BCUT2D eigenvalue weighted by Gasteiger charge is 2.25. The zero-order valence-corrected chi connectivity index (χ0v) is 25.7. The number of piperidine rings is 1. The van der Waals surface area contributed by atoms with Gasteiger partial charge in [0.2, 0.25) is 5.91 Å². The molecule has 0 atom stereocenters. The molecule has 2 heterocycles. The van der Waals surface area contributed by atoms with Gasteiger partial charge in [-0.25, -0.2) is 14.4 Å². The number of carbonyl (C=O) groups excluding carboxylic acids is 1. The Morgan fingerprint density at radius 2 is 1.58 bits per heavy atom. The second-order valence-corrected chi connectivity index (χ2v) is 11.1. The van der Waals surface area contributed by atoms with Gasteiger partial charge in [-0.05, 0) is 69.1 Å². The van der Waals surface area contributed by atoms with Gasteiger partial charge in [-0.2, -0.15) is 0 Å². The lowest BCUT2D eigenvalue weighted by Crippen LogP contribution is -2.42. The molecule has 1 aliphatic heterocycles. The monoisotopic (exact) mass is 630 g/mol. The predicted molar refractivity (Wildman–Crippen MR) is 170 cm³/mol. The van der Waals surface area contributed by atoms with E-state index >= 15 is 0 Å². The quantitative estimate of drug-likeness (QED) is 0.285. The number of halogens is 2. The number of carboxylic acid groups (broad SMARTS) is 2. The van der Waals surface area contributed by atoms with E-state index < -0.39 is 11.9 Å². The van der Waals surface area contributed by atoms with Gasteiger partial charge in [-0.15, -0.1) is 0 Å². The maximum absolute atomic E-state index is 13.0. The molecule has 4 rings (SSSR count). The molecule has 230 valence electrons. The van der Waals surface area contributed by atoms with Gasteiger partial charge in [-0.3, -0.25) is 13.9 Å². The highest BCUT2D eigenvalue weighted by Crippen LogP contribution is 2.29. The minimum absolute atomic E-state index is 0.0380. The fourth-order valence-corrected chi connectivity index (χ4v) is 5.32. The molecular formula is C31H36Cl2N4O6. The molecule has 0 spiro atoms. The van der Waals surface area contributed by atoms with E-state index in [4.69, 9.17) is 33.4 Å². The smallest absolute Gasteiger partial charge is 0.333 e. The average molecular weight is 632 g/mol. The van der Waals surface area contributed by atoms with Crippen LogP contribution < -0.4 is 10.6 Å². The molecule has 1 saturated heterocycles. The van der Waals surface area contributed by atoms with Crippen LogP contribution in [0.25, 0.3) is 16.7 Å². The standard InChI is InChI=1S/C27H32Cl2N4O2.C4H4O4/c1-4-26(34)32(21-9-10-22(28)23(29)17-21)18-20-11-13-30(14-12-20)15-16-31-24-7-5-6-8-25(24)33(19(2)3)27(31)35;5-3(6)1-2-4(7)8/h5-10,17,20H,2,4,11-16,18H2,1,3H3;1-2H,(H,5,6)(H,7,8)/b;2-1+. The van der Waals surface area contributed by atoms with E-state index in [2.05, 4.69) is 11.5 Å². The Kier molecular flexibility index (Phi) is 12.2. The Hall–Kier alpha value is -3.86. The number of likely N-dealkylation sites (tertiary alicyclic amines) is 1. The SMILES string of the molecule is C=C(C)n1c(=O)n(CCN2CCC(CN(C(=O)CC)c3ccc(Cl)c(Cl)c3)CC2)c2ccccc21.O=C(O)/C=C/C(=O)O. The molecule has 0 bridgehead atoms. The van der Waals surface area contributed by atoms with E-state index in [-0.39, 0.29) is 11.6 Å². The molecule has 43 heavy (non-hydrogen) atoms. The normalized spacial score (nSPS) is 14.0. The molecule has 12 heteroatoms. The molecule has 1 aliphatic rings. The fraction of sp³-hybridized carbons (Fsp3) is 0.355. The van der Waals surface area contributed by atoms with Crippen molar-refractivity contribution in [1.82, 2.24) is 14.0 Å². The van der Waals surface area contributed by atoms with E-state index in [9.17, 15) is 19.2 Å². The lowest BCUT2D eigenvalue weighted by Gasteiger charge is -2.35. The molecule has 0 radical (unpaired) electrons. The summed E-state index contributed by atoms with van der Waals surface area (Å²) in [7, 11) is 0. The average Bonchev–Trinajstić information content (AvgIpc) is 3.26. The number of benzene rings is 2. The third-order valence-electron chi connectivity index (χ3n) is 7.19. The minimum atomic E-state index is -1.26. The Morgan fingerprint density at radius 3 is 2.12 bits per heavy atom. The molecule has 2 aromatic carbocycles. The van der Waals surface area contributed by atoms with Crippen LogP contribution in [0.3, 0.4) is 0 Å². The van der Waals surface area contributed by atoms with Crippen LogP contribution in [0.15, 0.2) is 66.0 Å². The van der Waals surface area contributed by atoms with E-state index in [0.717, 1.165) is 54.9 Å². The van der Waals surface area contributed by atoms with Gasteiger partial charge < -0.3 is 20.0 Å². The van der Waals surface area contributed by atoms with Crippen LogP contribution >= 0.6 is 23.2 Å². The lowest BCUT2D eigenvalue weighted by molar-refractivity contribution is -0.134. The van der Waals surface area contributed by atoms with Crippen LogP contribution in [-0.2, 0) is 20.9 Å². The van der Waals surface area contributed by atoms with Crippen molar-refractivity contribution < 1.29 is 24.6 Å². The van der Waals surface area contributed by atoms with Crippen LogP contribution in [0.4, 0.5) is 5.69 Å². The number of amides is 1. The van der Waals surface area contributed by atoms with Gasteiger partial charge >= 0.3 is 17.6 Å². The van der Waals surface area contributed by atoms with E-state index in [1.165, 1.54) is 0 Å². The van der Waals surface area contributed by atoms with Crippen molar-refractivity contribution in [1.29, 1.82) is 0 Å². The molecule has 2 N–H and O–H groups in total. The van der Waals surface area contributed by atoms with Crippen molar-refractivity contribution in [2.75, 3.05) is 31.1 Å². The van der Waals surface area contributed by atoms with Crippen LogP contribution in [0, 0.1) is 5.92 Å². The number of para-hydroxylation sites is 2. The summed E-state index contributed by atoms with van der Waals surface area (Å²) in [6, 6.07) is 13.2. The second-order valence-electron chi connectivity index (χ2n) is 10.2. The molecule has 0 unspecified atom stereocenters. The molecule has 10 nitrogen and oxygen atoms in total. The summed E-state index contributed by atoms with van der Waals surface area (Å²) in [5, 5.41) is 16.6. The molecule has 3 aromatic rings. The van der Waals surface area contributed by atoms with Crippen molar-refractivity contribution in [2.45, 2.75) is 39.7 Å². The number of aliphatic carboxylic acids is 2. The number of allylic oxidation sites excluding steroid dienone is 1. The highest BCUT2D eigenvalue weighted by molar-refractivity contribution is 6.42. The number of aromatic nitrogens is 2. The summed E-state index contributed by atoms with van der Waals surface area (Å²) in [5.41, 5.74) is 3.31. The summed E-state index contributed by atoms with van der Waals surface area (Å²) in [6.45, 7) is 11.7. The second kappa shape index (κ2) is 15.6. The number of hydrogen-bond acceptors (Lipinski definition) is 5. The van der Waals surface area contributed by atoms with Gasteiger partial charge in [0.25, 0.3) is 0 Å². The van der Waals surface area contributed by atoms with Crippen molar-refractivity contribution >= 4 is 63.5 Å². The lowest BCUT2D eigenvalue weighted by atomic mass is 9.95. The number of nitrogens with zero attached hydrogens (tertiary/aromatic N) is 4. The maximum atomic E-state index is 13.0. The number of anilines is 1. The zero-order valence-electron chi connectivity index (χ0n) is 24.2. The third kappa shape index (κ3) is 9.06. The van der Waals surface area contributed by atoms with Gasteiger partial charge in [0.15, 0.2) is 0 Å². The van der Waals surface area contributed by atoms with Gasteiger partial charge in [-0.1, -0.05) is 48.8 Å². The number of carboxylic acids is 2. The molecule has 1 fully saturated rings. The highest BCUT2D eigenvalue weighted by atomic mass is 35.5. The Bertz CT molecular complexity index is 1550. The van der Waals surface area contributed by atoms with Crippen LogP contribution in [0.2, 0.25) is 10.0 Å².